The van der Waals surface area contributed by atoms with Gasteiger partial charge in [-0.1, -0.05) is 12.1 Å². The van der Waals surface area contributed by atoms with Crippen LogP contribution in [0.25, 0.3) is 0 Å². The molecule has 0 bridgehead atoms. The van der Waals surface area contributed by atoms with Gasteiger partial charge in [0.2, 0.25) is 0 Å². The van der Waals surface area contributed by atoms with E-state index in [0.717, 1.165) is 23.8 Å². The average Bonchev–Trinajstić information content (AvgIpc) is 2.66. The number of methoxy groups -OCH3 is 1. The molecule has 0 saturated carbocycles. The first-order valence-corrected chi connectivity index (χ1v) is 7.91. The lowest BCUT2D eigenvalue weighted by atomic mass is 10.1. The Kier molecular flexibility index (Phi) is 6.81. The minimum Gasteiger partial charge on any atom is -0.497 e. The Morgan fingerprint density at radius 2 is 1.89 bits per heavy atom. The molecule has 2 aromatic carbocycles. The number of nitrogens with zero attached hydrogens (tertiary/aromatic N) is 1. The minimum atomic E-state index is -0.834. The van der Waals surface area contributed by atoms with Gasteiger partial charge in [-0.3, -0.25) is 19.7 Å². The van der Waals surface area contributed by atoms with E-state index < -0.39 is 29.2 Å². The number of hydrogen-bond acceptors (Lipinski definition) is 6. The molecule has 1 N–H and O–H groups in total. The summed E-state index contributed by atoms with van der Waals surface area (Å²) in [6, 6.07) is 9.88. The van der Waals surface area contributed by atoms with Crippen molar-refractivity contribution in [3.05, 3.63) is 64.0 Å². The molecule has 8 nitrogen and oxygen atoms in total. The quantitative estimate of drug-likeness (QED) is 0.431. The number of ether oxygens (including phenoxy) is 2. The van der Waals surface area contributed by atoms with Gasteiger partial charge in [0.1, 0.15) is 11.6 Å². The van der Waals surface area contributed by atoms with Crippen LogP contribution in [0.4, 0.5) is 15.8 Å². The van der Waals surface area contributed by atoms with Crippen molar-refractivity contribution in [3.8, 4) is 5.75 Å². The van der Waals surface area contributed by atoms with Crippen molar-refractivity contribution in [3.63, 3.8) is 0 Å². The first-order chi connectivity index (χ1) is 12.9. The molecule has 0 radical (unpaired) electrons. The molecule has 0 aliphatic heterocycles. The van der Waals surface area contributed by atoms with E-state index in [1.807, 2.05) is 12.1 Å². The van der Waals surface area contributed by atoms with Crippen molar-refractivity contribution in [1.82, 2.24) is 0 Å². The summed E-state index contributed by atoms with van der Waals surface area (Å²) in [5.74, 6) is -1.53. The lowest BCUT2D eigenvalue weighted by Gasteiger charge is -2.08. The first-order valence-electron chi connectivity index (χ1n) is 7.91. The maximum atomic E-state index is 13.6. The molecule has 0 heterocycles. The molecule has 0 aliphatic rings. The van der Waals surface area contributed by atoms with E-state index in [4.69, 9.17) is 9.47 Å². The van der Waals surface area contributed by atoms with Gasteiger partial charge in [-0.15, -0.1) is 0 Å². The predicted molar refractivity (Wildman–Crippen MR) is 94.0 cm³/mol. The summed E-state index contributed by atoms with van der Waals surface area (Å²) < 4.78 is 23.5. The van der Waals surface area contributed by atoms with E-state index in [2.05, 4.69) is 5.32 Å². The third kappa shape index (κ3) is 6.07. The van der Waals surface area contributed by atoms with Gasteiger partial charge in [0.05, 0.1) is 17.7 Å². The van der Waals surface area contributed by atoms with Crippen LogP contribution in [-0.4, -0.2) is 30.5 Å². The number of nitro groups is 1. The van der Waals surface area contributed by atoms with Crippen LogP contribution in [0.3, 0.4) is 0 Å². The van der Waals surface area contributed by atoms with Crippen molar-refractivity contribution in [2.75, 3.05) is 19.0 Å². The summed E-state index contributed by atoms with van der Waals surface area (Å²) in [5.41, 5.74) is 0.169. The standard InChI is InChI=1S/C18H17FN2O6/c1-26-14-6-2-12(3-7-14)4-9-18(23)27-11-17(22)20-16-10-13(21(24)25)5-8-15(16)19/h2-3,5-8,10H,4,9,11H2,1H3,(H,20,22). The number of hydrogen-bond donors (Lipinski definition) is 1. The molecular formula is C18H17FN2O6. The van der Waals surface area contributed by atoms with Gasteiger partial charge >= 0.3 is 5.97 Å². The highest BCUT2D eigenvalue weighted by atomic mass is 19.1. The second-order valence-electron chi connectivity index (χ2n) is 5.48. The Balaban J connectivity index is 1.80. The Bertz CT molecular complexity index is 838. The van der Waals surface area contributed by atoms with Crippen LogP contribution in [0.5, 0.6) is 5.75 Å². The summed E-state index contributed by atoms with van der Waals surface area (Å²) in [6.07, 6.45) is 0.481. The van der Waals surface area contributed by atoms with Crippen molar-refractivity contribution in [2.24, 2.45) is 0 Å². The number of esters is 1. The number of benzene rings is 2. The fraction of sp³-hybridized carbons (Fsp3) is 0.222. The summed E-state index contributed by atoms with van der Waals surface area (Å²) in [7, 11) is 1.55. The fourth-order valence-electron chi connectivity index (χ4n) is 2.17. The van der Waals surface area contributed by atoms with E-state index in [-0.39, 0.29) is 17.8 Å². The topological polar surface area (TPSA) is 108 Å². The molecule has 0 spiro atoms. The average molecular weight is 376 g/mol. The van der Waals surface area contributed by atoms with E-state index in [9.17, 15) is 24.1 Å². The van der Waals surface area contributed by atoms with Gasteiger partial charge in [-0.2, -0.15) is 0 Å². The van der Waals surface area contributed by atoms with E-state index in [1.165, 1.54) is 0 Å². The summed E-state index contributed by atoms with van der Waals surface area (Å²) in [6.45, 7) is -0.621. The normalized spacial score (nSPS) is 10.1. The van der Waals surface area contributed by atoms with Crippen LogP contribution in [0, 0.1) is 15.9 Å². The zero-order chi connectivity index (χ0) is 19.8. The molecule has 0 unspecified atom stereocenters. The lowest BCUT2D eigenvalue weighted by molar-refractivity contribution is -0.384. The van der Waals surface area contributed by atoms with E-state index >= 15 is 0 Å². The summed E-state index contributed by atoms with van der Waals surface area (Å²) in [4.78, 5) is 33.4. The number of amides is 1. The number of nitrogens with one attached hydrogen (secondary N) is 1. The molecule has 0 aliphatic carbocycles. The predicted octanol–water partition coefficient (Wildman–Crippen LogP) is 2.86. The molecule has 0 fully saturated rings. The second-order valence-corrected chi connectivity index (χ2v) is 5.48. The Morgan fingerprint density at radius 1 is 1.19 bits per heavy atom. The smallest absolute Gasteiger partial charge is 0.306 e. The van der Waals surface area contributed by atoms with Crippen LogP contribution in [0.1, 0.15) is 12.0 Å². The molecular weight excluding hydrogens is 359 g/mol. The zero-order valence-corrected chi connectivity index (χ0v) is 14.4. The minimum absolute atomic E-state index is 0.0603. The SMILES string of the molecule is COc1ccc(CCC(=O)OCC(=O)Nc2cc([N+](=O)[O-])ccc2F)cc1. The van der Waals surface area contributed by atoms with Gasteiger partial charge < -0.3 is 14.8 Å². The first kappa shape index (κ1) is 19.8. The fourth-order valence-corrected chi connectivity index (χ4v) is 2.17. The maximum Gasteiger partial charge on any atom is 0.306 e. The second kappa shape index (κ2) is 9.27. The van der Waals surface area contributed by atoms with Gasteiger partial charge in [0.25, 0.3) is 11.6 Å². The van der Waals surface area contributed by atoms with Crippen molar-refractivity contribution < 1.29 is 28.4 Å². The third-order valence-electron chi connectivity index (χ3n) is 3.58. The number of anilines is 1. The number of non-ortho nitro benzene ring substituents is 1. The van der Waals surface area contributed by atoms with Crippen molar-refractivity contribution in [1.29, 1.82) is 0 Å². The molecule has 142 valence electrons. The van der Waals surface area contributed by atoms with Crippen LogP contribution in [0.2, 0.25) is 0 Å². The number of halogens is 1. The number of carbonyl (C=O) groups is 2. The molecule has 9 heteroatoms. The van der Waals surface area contributed by atoms with Gasteiger partial charge in [-0.05, 0) is 30.2 Å². The van der Waals surface area contributed by atoms with Gasteiger partial charge in [-0.25, -0.2) is 4.39 Å². The lowest BCUT2D eigenvalue weighted by Crippen LogP contribution is -2.21. The van der Waals surface area contributed by atoms with Crippen LogP contribution >= 0.6 is 0 Å². The van der Waals surface area contributed by atoms with Gasteiger partial charge in [0.15, 0.2) is 6.61 Å². The molecule has 1 amide bonds. The Morgan fingerprint density at radius 3 is 2.52 bits per heavy atom. The highest BCUT2D eigenvalue weighted by Crippen LogP contribution is 2.21. The number of carbonyl (C=O) groups excluding carboxylic acids is 2. The molecule has 2 rings (SSSR count). The Hall–Kier alpha value is -3.49. The Labute approximate surface area is 154 Å². The molecule has 2 aromatic rings. The molecule has 27 heavy (non-hydrogen) atoms. The largest absolute Gasteiger partial charge is 0.497 e. The van der Waals surface area contributed by atoms with E-state index in [1.54, 1.807) is 19.2 Å². The van der Waals surface area contributed by atoms with Crippen LogP contribution in [0.15, 0.2) is 42.5 Å². The maximum absolute atomic E-state index is 13.6. The van der Waals surface area contributed by atoms with Gasteiger partial charge in [0, 0.05) is 18.6 Å². The molecule has 0 aromatic heterocycles. The number of nitro benzene ring substituents is 1. The van der Waals surface area contributed by atoms with Crippen LogP contribution < -0.4 is 10.1 Å². The summed E-state index contributed by atoms with van der Waals surface area (Å²) in [5, 5.41) is 12.8. The third-order valence-corrected chi connectivity index (χ3v) is 3.58. The number of rotatable bonds is 8. The molecule has 0 saturated heterocycles. The highest BCUT2D eigenvalue weighted by Gasteiger charge is 2.14. The highest BCUT2D eigenvalue weighted by molar-refractivity contribution is 5.93. The van der Waals surface area contributed by atoms with Crippen molar-refractivity contribution in [2.45, 2.75) is 12.8 Å². The van der Waals surface area contributed by atoms with Crippen LogP contribution in [-0.2, 0) is 20.7 Å². The molecule has 0 atom stereocenters. The van der Waals surface area contributed by atoms with Crippen molar-refractivity contribution >= 4 is 23.3 Å². The number of aryl methyl sites for hydroxylation is 1. The zero-order valence-electron chi connectivity index (χ0n) is 14.4. The summed E-state index contributed by atoms with van der Waals surface area (Å²) >= 11 is 0. The van der Waals surface area contributed by atoms with E-state index in [0.29, 0.717) is 12.2 Å². The monoisotopic (exact) mass is 376 g/mol.